The van der Waals surface area contributed by atoms with Gasteiger partial charge in [0.25, 0.3) is 0 Å². The molecule has 2 aromatic carbocycles. The Hall–Kier alpha value is -1.79. The van der Waals surface area contributed by atoms with E-state index < -0.39 is 0 Å². The Morgan fingerprint density at radius 3 is 2.85 bits per heavy atom. The number of methoxy groups -OCH3 is 1. The number of hydrogen-bond donors (Lipinski definition) is 1. The molecule has 0 unspecified atom stereocenters. The molecule has 1 saturated heterocycles. The standard InChI is InChI=1S/C27H33ClN2O2S/c1-19(33-27-9-4-3-8-25(27)28)30-15-13-20(22(17-30)18-31)6-5-7-21-12-14-29-26-11-10-23(32-2)16-24(21)26/h3-4,8-12,14,16,19-20,22,31H,5-7,13,15,17-18H2,1-2H3/t19-,20-,22-/m1/s1. The molecule has 3 atom stereocenters. The molecule has 176 valence electrons. The van der Waals surface area contributed by atoms with Crippen LogP contribution in [0, 0.1) is 11.8 Å². The van der Waals surface area contributed by atoms with Gasteiger partial charge < -0.3 is 9.84 Å². The van der Waals surface area contributed by atoms with Crippen LogP contribution in [-0.4, -0.2) is 47.2 Å². The van der Waals surface area contributed by atoms with Gasteiger partial charge in [-0.25, -0.2) is 0 Å². The first kappa shape index (κ1) is 24.3. The van der Waals surface area contributed by atoms with Gasteiger partial charge in [-0.2, -0.15) is 0 Å². The molecule has 0 aliphatic carbocycles. The largest absolute Gasteiger partial charge is 0.497 e. The number of thioether (sulfide) groups is 1. The average molecular weight is 485 g/mol. The van der Waals surface area contributed by atoms with Crippen molar-refractivity contribution in [3.8, 4) is 5.75 Å². The topological polar surface area (TPSA) is 45.6 Å². The molecule has 0 saturated carbocycles. The quantitative estimate of drug-likeness (QED) is 0.362. The van der Waals surface area contributed by atoms with Gasteiger partial charge in [0.15, 0.2) is 0 Å². The number of rotatable bonds is 9. The highest BCUT2D eigenvalue weighted by Gasteiger charge is 2.31. The number of aliphatic hydroxyl groups is 1. The molecule has 6 heteroatoms. The van der Waals surface area contributed by atoms with E-state index in [0.29, 0.717) is 17.2 Å². The SMILES string of the molecule is COc1ccc2nccc(CCC[C@@H]3CCN([C@@H](C)Sc4ccccc4Cl)C[C@@H]3CO)c2c1. The van der Waals surface area contributed by atoms with Gasteiger partial charge in [-0.1, -0.05) is 23.7 Å². The first-order valence-electron chi connectivity index (χ1n) is 11.8. The van der Waals surface area contributed by atoms with E-state index >= 15 is 0 Å². The third kappa shape index (κ3) is 6.02. The normalized spacial score (nSPS) is 20.1. The fraction of sp³-hybridized carbons (Fsp3) is 0.444. The molecule has 1 fully saturated rings. The van der Waals surface area contributed by atoms with Crippen LogP contribution in [0.3, 0.4) is 0 Å². The molecule has 4 rings (SSSR count). The fourth-order valence-corrected chi connectivity index (χ4v) is 6.22. The monoisotopic (exact) mass is 484 g/mol. The number of halogens is 1. The number of aryl methyl sites for hydroxylation is 1. The van der Waals surface area contributed by atoms with Crippen LogP contribution in [0.5, 0.6) is 5.75 Å². The summed E-state index contributed by atoms with van der Waals surface area (Å²) in [4.78, 5) is 8.11. The summed E-state index contributed by atoms with van der Waals surface area (Å²) >= 11 is 8.16. The molecule has 1 N–H and O–H groups in total. The third-order valence-corrected chi connectivity index (χ3v) is 8.56. The zero-order valence-corrected chi connectivity index (χ0v) is 21.0. The van der Waals surface area contributed by atoms with Crippen LogP contribution in [0.4, 0.5) is 0 Å². The Bertz CT molecular complexity index is 1060. The number of piperidine rings is 1. The van der Waals surface area contributed by atoms with E-state index in [4.69, 9.17) is 16.3 Å². The number of pyridine rings is 1. The minimum atomic E-state index is 0.250. The number of nitrogens with zero attached hydrogens (tertiary/aromatic N) is 2. The predicted octanol–water partition coefficient (Wildman–Crippen LogP) is 6.29. The number of fused-ring (bicyclic) bond motifs is 1. The lowest BCUT2D eigenvalue weighted by Crippen LogP contribution is -2.45. The van der Waals surface area contributed by atoms with Gasteiger partial charge in [0.2, 0.25) is 0 Å². The minimum absolute atomic E-state index is 0.250. The smallest absolute Gasteiger partial charge is 0.119 e. The molecule has 33 heavy (non-hydrogen) atoms. The van der Waals surface area contributed by atoms with Crippen molar-refractivity contribution >= 4 is 34.3 Å². The summed E-state index contributed by atoms with van der Waals surface area (Å²) in [5, 5.41) is 12.5. The lowest BCUT2D eigenvalue weighted by Gasteiger charge is -2.40. The summed E-state index contributed by atoms with van der Waals surface area (Å²) in [7, 11) is 1.70. The predicted molar refractivity (Wildman–Crippen MR) is 138 cm³/mol. The van der Waals surface area contributed by atoms with Crippen molar-refractivity contribution < 1.29 is 9.84 Å². The zero-order chi connectivity index (χ0) is 23.2. The zero-order valence-electron chi connectivity index (χ0n) is 19.4. The number of likely N-dealkylation sites (tertiary alicyclic amines) is 1. The van der Waals surface area contributed by atoms with Gasteiger partial charge in [0, 0.05) is 29.6 Å². The molecule has 1 aliphatic heterocycles. The van der Waals surface area contributed by atoms with Crippen LogP contribution in [0.1, 0.15) is 31.7 Å². The van der Waals surface area contributed by atoms with E-state index in [-0.39, 0.29) is 6.61 Å². The van der Waals surface area contributed by atoms with E-state index in [9.17, 15) is 5.11 Å². The van der Waals surface area contributed by atoms with E-state index in [1.165, 1.54) is 10.9 Å². The van der Waals surface area contributed by atoms with Crippen molar-refractivity contribution in [3.05, 3.63) is 65.3 Å². The Kier molecular flexibility index (Phi) is 8.53. The number of benzene rings is 2. The number of ether oxygens (including phenoxy) is 1. The lowest BCUT2D eigenvalue weighted by atomic mass is 9.82. The van der Waals surface area contributed by atoms with Gasteiger partial charge in [-0.3, -0.25) is 9.88 Å². The van der Waals surface area contributed by atoms with Crippen LogP contribution in [0.25, 0.3) is 10.9 Å². The molecule has 1 aromatic heterocycles. The molecule has 0 amide bonds. The van der Waals surface area contributed by atoms with E-state index in [0.717, 1.165) is 60.0 Å². The maximum atomic E-state index is 10.1. The maximum Gasteiger partial charge on any atom is 0.119 e. The molecule has 3 aromatic rings. The number of aliphatic hydroxyl groups excluding tert-OH is 1. The van der Waals surface area contributed by atoms with Gasteiger partial charge in [0.05, 0.1) is 23.0 Å². The number of aromatic nitrogens is 1. The first-order valence-corrected chi connectivity index (χ1v) is 13.0. The van der Waals surface area contributed by atoms with E-state index in [2.05, 4.69) is 35.0 Å². The van der Waals surface area contributed by atoms with Crippen molar-refractivity contribution in [3.63, 3.8) is 0 Å². The van der Waals surface area contributed by atoms with Crippen LogP contribution >= 0.6 is 23.4 Å². The van der Waals surface area contributed by atoms with Gasteiger partial charge >= 0.3 is 0 Å². The Labute approximate surface area is 206 Å². The highest BCUT2D eigenvalue weighted by atomic mass is 35.5. The molecular weight excluding hydrogens is 452 g/mol. The van der Waals surface area contributed by atoms with Crippen LogP contribution < -0.4 is 4.74 Å². The van der Waals surface area contributed by atoms with Gasteiger partial charge in [0.1, 0.15) is 5.75 Å². The third-order valence-electron chi connectivity index (χ3n) is 6.87. The maximum absolute atomic E-state index is 10.1. The molecule has 0 bridgehead atoms. The van der Waals surface area contributed by atoms with E-state index in [1.807, 2.05) is 36.5 Å². The second-order valence-corrected chi connectivity index (χ2v) is 10.6. The van der Waals surface area contributed by atoms with Gasteiger partial charge in [-0.05, 0) is 92.9 Å². The second-order valence-electron chi connectivity index (χ2n) is 8.88. The van der Waals surface area contributed by atoms with Crippen LogP contribution in [0.15, 0.2) is 59.6 Å². The molecular formula is C27H33ClN2O2S. The molecule has 0 radical (unpaired) electrons. The highest BCUT2D eigenvalue weighted by Crippen LogP contribution is 2.36. The summed E-state index contributed by atoms with van der Waals surface area (Å²) in [6.07, 6.45) is 6.30. The van der Waals surface area contributed by atoms with Crippen LogP contribution in [0.2, 0.25) is 5.02 Å². The average Bonchev–Trinajstić information content (AvgIpc) is 2.85. The van der Waals surface area contributed by atoms with Crippen molar-refractivity contribution in [1.29, 1.82) is 0 Å². The highest BCUT2D eigenvalue weighted by molar-refractivity contribution is 8.00. The minimum Gasteiger partial charge on any atom is -0.497 e. The van der Waals surface area contributed by atoms with Crippen LogP contribution in [-0.2, 0) is 6.42 Å². The lowest BCUT2D eigenvalue weighted by molar-refractivity contribution is 0.0645. The summed E-state index contributed by atoms with van der Waals surface area (Å²) < 4.78 is 5.41. The summed E-state index contributed by atoms with van der Waals surface area (Å²) in [5.41, 5.74) is 2.33. The molecule has 0 spiro atoms. The molecule has 2 heterocycles. The number of hydrogen-bond acceptors (Lipinski definition) is 5. The Morgan fingerprint density at radius 1 is 1.21 bits per heavy atom. The Balaban J connectivity index is 1.33. The van der Waals surface area contributed by atoms with Crippen molar-refractivity contribution in [2.75, 3.05) is 26.8 Å². The van der Waals surface area contributed by atoms with Crippen molar-refractivity contribution in [1.82, 2.24) is 9.88 Å². The summed E-state index contributed by atoms with van der Waals surface area (Å²) in [6, 6.07) is 16.2. The first-order chi connectivity index (χ1) is 16.1. The van der Waals surface area contributed by atoms with Crippen molar-refractivity contribution in [2.45, 2.75) is 42.9 Å². The van der Waals surface area contributed by atoms with Gasteiger partial charge in [-0.15, -0.1) is 11.8 Å². The molecule has 1 aliphatic rings. The summed E-state index contributed by atoms with van der Waals surface area (Å²) in [6.45, 7) is 4.50. The van der Waals surface area contributed by atoms with Crippen molar-refractivity contribution in [2.24, 2.45) is 11.8 Å². The van der Waals surface area contributed by atoms with E-state index in [1.54, 1.807) is 18.9 Å². The second kappa shape index (κ2) is 11.6. The Morgan fingerprint density at radius 2 is 2.06 bits per heavy atom. The molecule has 4 nitrogen and oxygen atoms in total. The fourth-order valence-electron chi connectivity index (χ4n) is 4.91. The summed E-state index contributed by atoms with van der Waals surface area (Å²) in [5.74, 6) is 1.75.